The summed E-state index contributed by atoms with van der Waals surface area (Å²) in [5.74, 6) is 0.740. The van der Waals surface area contributed by atoms with Gasteiger partial charge in [0.2, 0.25) is 5.91 Å². The Morgan fingerprint density at radius 2 is 2.04 bits per heavy atom. The van der Waals surface area contributed by atoms with E-state index in [9.17, 15) is 4.79 Å². The number of benzene rings is 1. The standard InChI is InChI=1S/C20H26BrN3O/c21-17-6-7-19-15(12-17)8-11-24(19)14-20(25)22-13-16-4-3-10-23-9-2-1-5-18(16)23/h6-8,11-12,16,18H,1-5,9-10,13-14H2,(H,22,25)/t16-,18?/m0/s1. The number of halogens is 1. The molecule has 1 amide bonds. The SMILES string of the molecule is O=C(Cn1ccc2cc(Br)ccc21)NC[C@@H]1CCCN2CCCCC12. The Hall–Kier alpha value is -1.33. The lowest BCUT2D eigenvalue weighted by atomic mass is 9.83. The molecule has 1 aromatic heterocycles. The number of fused-ring (bicyclic) bond motifs is 2. The van der Waals surface area contributed by atoms with Crippen LogP contribution in [0.1, 0.15) is 32.1 Å². The molecule has 2 aromatic rings. The first-order valence-electron chi connectivity index (χ1n) is 9.46. The Labute approximate surface area is 157 Å². The van der Waals surface area contributed by atoms with Crippen molar-refractivity contribution in [1.29, 1.82) is 0 Å². The van der Waals surface area contributed by atoms with Crippen molar-refractivity contribution < 1.29 is 4.79 Å². The summed E-state index contributed by atoms with van der Waals surface area (Å²) in [6.07, 6.45) is 8.51. The molecule has 0 spiro atoms. The van der Waals surface area contributed by atoms with E-state index in [1.165, 1.54) is 45.2 Å². The van der Waals surface area contributed by atoms with Gasteiger partial charge in [0.25, 0.3) is 0 Å². The van der Waals surface area contributed by atoms with Gasteiger partial charge in [-0.05, 0) is 69.0 Å². The van der Waals surface area contributed by atoms with Gasteiger partial charge < -0.3 is 14.8 Å². The van der Waals surface area contributed by atoms with Crippen molar-refractivity contribution in [2.75, 3.05) is 19.6 Å². The van der Waals surface area contributed by atoms with E-state index in [-0.39, 0.29) is 5.91 Å². The van der Waals surface area contributed by atoms with Crippen LogP contribution in [0.25, 0.3) is 10.9 Å². The number of nitrogens with one attached hydrogen (secondary N) is 1. The van der Waals surface area contributed by atoms with Crippen molar-refractivity contribution in [1.82, 2.24) is 14.8 Å². The molecule has 2 saturated heterocycles. The van der Waals surface area contributed by atoms with Gasteiger partial charge in [-0.2, -0.15) is 0 Å². The van der Waals surface area contributed by atoms with Crippen molar-refractivity contribution in [2.45, 2.75) is 44.7 Å². The summed E-state index contributed by atoms with van der Waals surface area (Å²) in [6.45, 7) is 3.72. The molecule has 1 unspecified atom stereocenters. The molecule has 3 heterocycles. The number of aromatic nitrogens is 1. The van der Waals surface area contributed by atoms with Crippen LogP contribution in [0.15, 0.2) is 34.9 Å². The highest BCUT2D eigenvalue weighted by Crippen LogP contribution is 2.30. The lowest BCUT2D eigenvalue weighted by Crippen LogP contribution is -2.51. The van der Waals surface area contributed by atoms with Crippen LogP contribution >= 0.6 is 15.9 Å². The Morgan fingerprint density at radius 1 is 1.16 bits per heavy atom. The fourth-order valence-electron chi connectivity index (χ4n) is 4.58. The molecule has 1 N–H and O–H groups in total. The van der Waals surface area contributed by atoms with Crippen molar-refractivity contribution in [2.24, 2.45) is 5.92 Å². The molecule has 5 heteroatoms. The summed E-state index contributed by atoms with van der Waals surface area (Å²) in [5, 5.41) is 4.36. The van der Waals surface area contributed by atoms with Gasteiger partial charge >= 0.3 is 0 Å². The lowest BCUT2D eigenvalue weighted by molar-refractivity contribution is -0.122. The van der Waals surface area contributed by atoms with E-state index >= 15 is 0 Å². The molecule has 4 nitrogen and oxygen atoms in total. The molecular formula is C20H26BrN3O. The van der Waals surface area contributed by atoms with E-state index < -0.39 is 0 Å². The molecule has 2 atom stereocenters. The fraction of sp³-hybridized carbons (Fsp3) is 0.550. The Morgan fingerprint density at radius 3 is 2.96 bits per heavy atom. The quantitative estimate of drug-likeness (QED) is 0.842. The third-order valence-corrected chi connectivity index (χ3v) is 6.33. The van der Waals surface area contributed by atoms with Gasteiger partial charge in [-0.15, -0.1) is 0 Å². The number of carbonyl (C=O) groups excluding carboxylic acids is 1. The van der Waals surface area contributed by atoms with Gasteiger partial charge in [0.15, 0.2) is 0 Å². The summed E-state index contributed by atoms with van der Waals surface area (Å²) in [6, 6.07) is 8.93. The predicted octanol–water partition coefficient (Wildman–Crippen LogP) is 3.78. The summed E-state index contributed by atoms with van der Waals surface area (Å²) < 4.78 is 3.10. The molecule has 2 fully saturated rings. The van der Waals surface area contributed by atoms with Gasteiger partial charge in [0.1, 0.15) is 6.54 Å². The smallest absolute Gasteiger partial charge is 0.239 e. The largest absolute Gasteiger partial charge is 0.354 e. The van der Waals surface area contributed by atoms with Crippen LogP contribution < -0.4 is 5.32 Å². The first kappa shape index (κ1) is 17.1. The van der Waals surface area contributed by atoms with Crippen LogP contribution in [-0.2, 0) is 11.3 Å². The first-order valence-corrected chi connectivity index (χ1v) is 10.3. The average molecular weight is 404 g/mol. The zero-order valence-corrected chi connectivity index (χ0v) is 16.2. The van der Waals surface area contributed by atoms with Crippen molar-refractivity contribution in [3.05, 3.63) is 34.9 Å². The van der Waals surface area contributed by atoms with Gasteiger partial charge in [0.05, 0.1) is 0 Å². The van der Waals surface area contributed by atoms with Gasteiger partial charge in [0, 0.05) is 34.2 Å². The number of hydrogen-bond acceptors (Lipinski definition) is 2. The summed E-state index contributed by atoms with van der Waals surface area (Å²) in [5.41, 5.74) is 1.11. The van der Waals surface area contributed by atoms with Gasteiger partial charge in [-0.1, -0.05) is 22.4 Å². The maximum absolute atomic E-state index is 12.5. The maximum Gasteiger partial charge on any atom is 0.239 e. The number of piperidine rings is 2. The summed E-state index contributed by atoms with van der Waals surface area (Å²) in [7, 11) is 0. The van der Waals surface area contributed by atoms with E-state index in [0.29, 0.717) is 18.5 Å². The minimum absolute atomic E-state index is 0.119. The molecule has 2 aliphatic heterocycles. The second kappa shape index (κ2) is 7.50. The minimum atomic E-state index is 0.119. The first-order chi connectivity index (χ1) is 12.2. The molecule has 134 valence electrons. The van der Waals surface area contributed by atoms with Crippen molar-refractivity contribution >= 4 is 32.7 Å². The van der Waals surface area contributed by atoms with Crippen molar-refractivity contribution in [3.8, 4) is 0 Å². The number of rotatable bonds is 4. The van der Waals surface area contributed by atoms with Gasteiger partial charge in [-0.3, -0.25) is 4.79 Å². The maximum atomic E-state index is 12.5. The van der Waals surface area contributed by atoms with E-state index in [1.807, 2.05) is 16.8 Å². The minimum Gasteiger partial charge on any atom is -0.354 e. The summed E-state index contributed by atoms with van der Waals surface area (Å²) >= 11 is 3.50. The molecule has 0 saturated carbocycles. The fourth-order valence-corrected chi connectivity index (χ4v) is 4.96. The second-order valence-corrected chi connectivity index (χ2v) is 8.37. The number of carbonyl (C=O) groups is 1. The average Bonchev–Trinajstić information content (AvgIpc) is 3.01. The molecule has 25 heavy (non-hydrogen) atoms. The van der Waals surface area contributed by atoms with Crippen LogP contribution in [0.3, 0.4) is 0 Å². The summed E-state index contributed by atoms with van der Waals surface area (Å²) in [4.78, 5) is 15.1. The van der Waals surface area contributed by atoms with Crippen LogP contribution in [0, 0.1) is 5.92 Å². The molecule has 4 rings (SSSR count). The Bertz CT molecular complexity index is 754. The Balaban J connectivity index is 1.35. The zero-order valence-electron chi connectivity index (χ0n) is 14.6. The second-order valence-electron chi connectivity index (χ2n) is 7.45. The zero-order chi connectivity index (χ0) is 17.2. The third-order valence-electron chi connectivity index (χ3n) is 5.84. The van der Waals surface area contributed by atoms with Crippen LogP contribution in [0.4, 0.5) is 0 Å². The van der Waals surface area contributed by atoms with Crippen molar-refractivity contribution in [3.63, 3.8) is 0 Å². The molecule has 2 aliphatic rings. The van der Waals surface area contributed by atoms with E-state index in [4.69, 9.17) is 0 Å². The van der Waals surface area contributed by atoms with Crippen LogP contribution in [0.2, 0.25) is 0 Å². The third kappa shape index (κ3) is 3.77. The number of hydrogen-bond donors (Lipinski definition) is 1. The van der Waals surface area contributed by atoms with Gasteiger partial charge in [-0.25, -0.2) is 0 Å². The molecular weight excluding hydrogens is 378 g/mol. The topological polar surface area (TPSA) is 37.3 Å². The highest BCUT2D eigenvalue weighted by atomic mass is 79.9. The van der Waals surface area contributed by atoms with Crippen LogP contribution in [-0.4, -0.2) is 41.1 Å². The number of nitrogens with zero attached hydrogens (tertiary/aromatic N) is 2. The highest BCUT2D eigenvalue weighted by Gasteiger charge is 2.32. The van der Waals surface area contributed by atoms with Crippen LogP contribution in [0.5, 0.6) is 0 Å². The van der Waals surface area contributed by atoms with E-state index in [0.717, 1.165) is 21.9 Å². The normalized spacial score (nSPS) is 24.2. The lowest BCUT2D eigenvalue weighted by Gasteiger charge is -2.44. The van der Waals surface area contributed by atoms with E-state index in [1.54, 1.807) is 0 Å². The number of amides is 1. The monoisotopic (exact) mass is 403 g/mol. The predicted molar refractivity (Wildman–Crippen MR) is 105 cm³/mol. The highest BCUT2D eigenvalue weighted by molar-refractivity contribution is 9.10. The molecule has 1 aromatic carbocycles. The van der Waals surface area contributed by atoms with E-state index in [2.05, 4.69) is 44.3 Å². The Kier molecular flexibility index (Phi) is 5.13. The molecule has 0 bridgehead atoms. The molecule has 0 aliphatic carbocycles. The molecule has 0 radical (unpaired) electrons.